The van der Waals surface area contributed by atoms with Gasteiger partial charge in [-0.2, -0.15) is 0 Å². The molecule has 2 aliphatic heterocycles. The largest absolute Gasteiger partial charge is 0.350 e. The average molecular weight is 158 g/mol. The molecule has 0 aromatic heterocycles. The molecular formula is C8H14O3. The summed E-state index contributed by atoms with van der Waals surface area (Å²) in [6, 6.07) is 0. The van der Waals surface area contributed by atoms with Crippen LogP contribution in [0.2, 0.25) is 0 Å². The molecule has 2 heterocycles. The van der Waals surface area contributed by atoms with Crippen molar-refractivity contribution in [2.45, 2.75) is 31.5 Å². The van der Waals surface area contributed by atoms with Crippen molar-refractivity contribution in [2.24, 2.45) is 0 Å². The van der Waals surface area contributed by atoms with Crippen LogP contribution in [0.15, 0.2) is 0 Å². The molecule has 2 saturated heterocycles. The third-order valence-corrected chi connectivity index (χ3v) is 2.29. The minimum atomic E-state index is -0.365. The van der Waals surface area contributed by atoms with Gasteiger partial charge >= 0.3 is 0 Å². The standard InChI is InChI=1S/C8H14O3/c1-2-4-8(10-5-3-1)6-9-7-11-8/h1-7H2. The molecule has 1 atom stereocenters. The van der Waals surface area contributed by atoms with Gasteiger partial charge in [-0.25, -0.2) is 0 Å². The minimum Gasteiger partial charge on any atom is -0.350 e. The van der Waals surface area contributed by atoms with Crippen molar-refractivity contribution in [2.75, 3.05) is 20.0 Å². The molecule has 2 rings (SSSR count). The van der Waals surface area contributed by atoms with Crippen LogP contribution >= 0.6 is 0 Å². The van der Waals surface area contributed by atoms with Gasteiger partial charge in [-0.05, 0) is 12.8 Å². The SMILES string of the molecule is C1CCOC2(CC1)COCO2. The van der Waals surface area contributed by atoms with E-state index in [1.165, 1.54) is 12.8 Å². The quantitative estimate of drug-likeness (QED) is 0.531. The molecular weight excluding hydrogens is 144 g/mol. The fourth-order valence-electron chi connectivity index (χ4n) is 1.62. The molecule has 0 aromatic rings. The molecule has 1 spiro atoms. The summed E-state index contributed by atoms with van der Waals surface area (Å²) in [7, 11) is 0. The lowest BCUT2D eigenvalue weighted by Gasteiger charge is -2.23. The summed E-state index contributed by atoms with van der Waals surface area (Å²) in [5.41, 5.74) is 0. The number of rotatable bonds is 0. The Morgan fingerprint density at radius 1 is 1.00 bits per heavy atom. The van der Waals surface area contributed by atoms with Gasteiger partial charge in [0.2, 0.25) is 0 Å². The molecule has 2 aliphatic rings. The van der Waals surface area contributed by atoms with Crippen LogP contribution < -0.4 is 0 Å². The Morgan fingerprint density at radius 2 is 2.00 bits per heavy atom. The highest BCUT2D eigenvalue weighted by Gasteiger charge is 2.37. The van der Waals surface area contributed by atoms with Gasteiger partial charge < -0.3 is 14.2 Å². The molecule has 0 bridgehead atoms. The highest BCUT2D eigenvalue weighted by atomic mass is 16.8. The van der Waals surface area contributed by atoms with Crippen molar-refractivity contribution in [1.29, 1.82) is 0 Å². The molecule has 2 fully saturated rings. The van der Waals surface area contributed by atoms with E-state index in [4.69, 9.17) is 14.2 Å². The molecule has 0 saturated carbocycles. The van der Waals surface area contributed by atoms with Crippen LogP contribution in [-0.4, -0.2) is 25.8 Å². The van der Waals surface area contributed by atoms with Gasteiger partial charge in [0.25, 0.3) is 0 Å². The fraction of sp³-hybridized carbons (Fsp3) is 1.00. The third-order valence-electron chi connectivity index (χ3n) is 2.29. The van der Waals surface area contributed by atoms with Crippen molar-refractivity contribution >= 4 is 0 Å². The maximum atomic E-state index is 5.60. The predicted octanol–water partition coefficient (Wildman–Crippen LogP) is 1.28. The second-order valence-corrected chi connectivity index (χ2v) is 3.18. The van der Waals surface area contributed by atoms with Crippen molar-refractivity contribution < 1.29 is 14.2 Å². The van der Waals surface area contributed by atoms with Crippen molar-refractivity contribution in [3.8, 4) is 0 Å². The molecule has 0 aromatic carbocycles. The zero-order chi connectivity index (χ0) is 7.57. The maximum Gasteiger partial charge on any atom is 0.194 e. The summed E-state index contributed by atoms with van der Waals surface area (Å²) in [5, 5.41) is 0. The zero-order valence-electron chi connectivity index (χ0n) is 6.67. The van der Waals surface area contributed by atoms with E-state index >= 15 is 0 Å². The van der Waals surface area contributed by atoms with Crippen molar-refractivity contribution in [1.82, 2.24) is 0 Å². The first-order chi connectivity index (χ1) is 5.41. The van der Waals surface area contributed by atoms with E-state index in [1.807, 2.05) is 0 Å². The Bertz CT molecular complexity index is 119. The summed E-state index contributed by atoms with van der Waals surface area (Å²) < 4.78 is 16.2. The Kier molecular flexibility index (Phi) is 2.11. The lowest BCUT2D eigenvalue weighted by atomic mass is 10.1. The Balaban J connectivity index is 1.97. The van der Waals surface area contributed by atoms with E-state index in [0.29, 0.717) is 13.4 Å². The molecule has 0 aliphatic carbocycles. The first-order valence-corrected chi connectivity index (χ1v) is 4.27. The van der Waals surface area contributed by atoms with Crippen LogP contribution in [0, 0.1) is 0 Å². The smallest absolute Gasteiger partial charge is 0.194 e. The minimum absolute atomic E-state index is 0.365. The van der Waals surface area contributed by atoms with E-state index in [2.05, 4.69) is 0 Å². The highest BCUT2D eigenvalue weighted by Crippen LogP contribution is 2.29. The normalized spacial score (nSPS) is 39.3. The number of ether oxygens (including phenoxy) is 3. The Hall–Kier alpha value is -0.120. The Labute approximate surface area is 66.6 Å². The first kappa shape index (κ1) is 7.53. The molecule has 3 nitrogen and oxygen atoms in total. The van der Waals surface area contributed by atoms with Crippen molar-refractivity contribution in [3.63, 3.8) is 0 Å². The Morgan fingerprint density at radius 3 is 2.82 bits per heavy atom. The van der Waals surface area contributed by atoms with Gasteiger partial charge in [0.05, 0.1) is 6.61 Å². The van der Waals surface area contributed by atoms with Crippen LogP contribution in [0.25, 0.3) is 0 Å². The molecule has 64 valence electrons. The van der Waals surface area contributed by atoms with Crippen LogP contribution in [0.4, 0.5) is 0 Å². The van der Waals surface area contributed by atoms with Crippen LogP contribution in [0.1, 0.15) is 25.7 Å². The summed E-state index contributed by atoms with van der Waals surface area (Å²) in [6.45, 7) is 1.84. The number of hydrogen-bond acceptors (Lipinski definition) is 3. The fourth-order valence-corrected chi connectivity index (χ4v) is 1.62. The zero-order valence-corrected chi connectivity index (χ0v) is 6.67. The van der Waals surface area contributed by atoms with Gasteiger partial charge in [0, 0.05) is 6.42 Å². The topological polar surface area (TPSA) is 27.7 Å². The summed E-state index contributed by atoms with van der Waals surface area (Å²) in [6.07, 6.45) is 4.60. The molecule has 11 heavy (non-hydrogen) atoms. The second-order valence-electron chi connectivity index (χ2n) is 3.18. The average Bonchev–Trinajstić information content (AvgIpc) is 2.32. The monoisotopic (exact) mass is 158 g/mol. The van der Waals surface area contributed by atoms with E-state index in [-0.39, 0.29) is 5.79 Å². The molecule has 0 amide bonds. The van der Waals surface area contributed by atoms with E-state index < -0.39 is 0 Å². The summed E-state index contributed by atoms with van der Waals surface area (Å²) in [5.74, 6) is -0.365. The lowest BCUT2D eigenvalue weighted by molar-refractivity contribution is -0.201. The van der Waals surface area contributed by atoms with Crippen LogP contribution in [0.3, 0.4) is 0 Å². The first-order valence-electron chi connectivity index (χ1n) is 4.27. The van der Waals surface area contributed by atoms with Gasteiger partial charge in [-0.1, -0.05) is 6.42 Å². The highest BCUT2D eigenvalue weighted by molar-refractivity contribution is 4.74. The molecule has 3 heteroatoms. The van der Waals surface area contributed by atoms with Gasteiger partial charge in [0.15, 0.2) is 12.6 Å². The summed E-state index contributed by atoms with van der Waals surface area (Å²) >= 11 is 0. The van der Waals surface area contributed by atoms with Crippen molar-refractivity contribution in [3.05, 3.63) is 0 Å². The van der Waals surface area contributed by atoms with Crippen LogP contribution in [0.5, 0.6) is 0 Å². The lowest BCUT2D eigenvalue weighted by Crippen LogP contribution is -2.34. The summed E-state index contributed by atoms with van der Waals surface area (Å²) in [4.78, 5) is 0. The van der Waals surface area contributed by atoms with Gasteiger partial charge in [-0.15, -0.1) is 0 Å². The number of hydrogen-bond donors (Lipinski definition) is 0. The third kappa shape index (κ3) is 1.55. The predicted molar refractivity (Wildman–Crippen MR) is 39.1 cm³/mol. The molecule has 0 radical (unpaired) electrons. The maximum absolute atomic E-state index is 5.60. The van der Waals surface area contributed by atoms with Crippen LogP contribution in [-0.2, 0) is 14.2 Å². The van der Waals surface area contributed by atoms with E-state index in [1.54, 1.807) is 0 Å². The van der Waals surface area contributed by atoms with E-state index in [0.717, 1.165) is 19.4 Å². The second kappa shape index (κ2) is 3.09. The molecule has 0 N–H and O–H groups in total. The van der Waals surface area contributed by atoms with Gasteiger partial charge in [-0.3, -0.25) is 0 Å². The van der Waals surface area contributed by atoms with E-state index in [9.17, 15) is 0 Å². The van der Waals surface area contributed by atoms with Gasteiger partial charge in [0.1, 0.15) is 6.61 Å². The molecule has 1 unspecified atom stereocenters.